The summed E-state index contributed by atoms with van der Waals surface area (Å²) in [4.78, 5) is 2.57. The first kappa shape index (κ1) is 13.9. The Morgan fingerprint density at radius 2 is 1.89 bits per heavy atom. The van der Waals surface area contributed by atoms with Crippen molar-refractivity contribution in [2.75, 3.05) is 26.2 Å². The molecule has 0 amide bonds. The van der Waals surface area contributed by atoms with E-state index in [1.54, 1.807) is 0 Å². The van der Waals surface area contributed by atoms with E-state index in [1.807, 2.05) is 12.1 Å². The third-order valence-corrected chi connectivity index (χ3v) is 3.90. The Hall–Kier alpha value is -0.570. The van der Waals surface area contributed by atoms with Crippen LogP contribution >= 0.6 is 11.6 Å². The summed E-state index contributed by atoms with van der Waals surface area (Å²) in [5.74, 6) is 0.682. The Labute approximate surface area is 115 Å². The lowest BCUT2D eigenvalue weighted by molar-refractivity contribution is 0.154. The minimum atomic E-state index is 0.459. The van der Waals surface area contributed by atoms with Crippen LogP contribution in [0.3, 0.4) is 0 Å². The van der Waals surface area contributed by atoms with Crippen molar-refractivity contribution in [1.82, 2.24) is 10.2 Å². The van der Waals surface area contributed by atoms with E-state index in [-0.39, 0.29) is 0 Å². The molecule has 1 atom stereocenters. The number of nitrogens with one attached hydrogen (secondary N) is 1. The molecular weight excluding hydrogens is 244 g/mol. The second kappa shape index (κ2) is 6.55. The molecule has 0 unspecified atom stereocenters. The van der Waals surface area contributed by atoms with Gasteiger partial charge in [-0.15, -0.1) is 0 Å². The number of nitrogens with zero attached hydrogens (tertiary/aromatic N) is 1. The molecule has 0 saturated carbocycles. The maximum atomic E-state index is 6.38. The van der Waals surface area contributed by atoms with Crippen LogP contribution in [0.4, 0.5) is 0 Å². The molecule has 100 valence electrons. The third kappa shape index (κ3) is 3.47. The zero-order valence-corrected chi connectivity index (χ0v) is 12.1. The summed E-state index contributed by atoms with van der Waals surface area (Å²) in [6.07, 6.45) is 1.17. The zero-order valence-electron chi connectivity index (χ0n) is 11.3. The van der Waals surface area contributed by atoms with Gasteiger partial charge in [0.1, 0.15) is 0 Å². The molecule has 3 heteroatoms. The summed E-state index contributed by atoms with van der Waals surface area (Å²) in [6.45, 7) is 8.96. The Morgan fingerprint density at radius 3 is 2.50 bits per heavy atom. The van der Waals surface area contributed by atoms with Gasteiger partial charge in [-0.05, 0) is 24.0 Å². The Bertz CT molecular complexity index is 373. The van der Waals surface area contributed by atoms with Crippen molar-refractivity contribution in [2.45, 2.75) is 26.3 Å². The highest BCUT2D eigenvalue weighted by atomic mass is 35.5. The number of hydrogen-bond donors (Lipinski definition) is 1. The molecule has 0 bridgehead atoms. The van der Waals surface area contributed by atoms with Crippen LogP contribution in [-0.2, 0) is 0 Å². The molecule has 1 saturated heterocycles. The zero-order chi connectivity index (χ0) is 13.0. The molecule has 0 spiro atoms. The van der Waals surface area contributed by atoms with Crippen LogP contribution in [0.1, 0.15) is 31.9 Å². The van der Waals surface area contributed by atoms with Crippen LogP contribution < -0.4 is 5.32 Å². The molecular formula is C15H23ClN2. The normalized spacial score (nSPS) is 19.1. The largest absolute Gasteiger partial charge is 0.314 e. The van der Waals surface area contributed by atoms with Crippen molar-refractivity contribution < 1.29 is 0 Å². The molecule has 1 aliphatic heterocycles. The topological polar surface area (TPSA) is 15.3 Å². The molecule has 1 heterocycles. The molecule has 2 nitrogen and oxygen atoms in total. The number of hydrogen-bond acceptors (Lipinski definition) is 2. The van der Waals surface area contributed by atoms with Gasteiger partial charge in [0.25, 0.3) is 0 Å². The smallest absolute Gasteiger partial charge is 0.0453 e. The highest BCUT2D eigenvalue weighted by molar-refractivity contribution is 6.31. The maximum absolute atomic E-state index is 6.38. The van der Waals surface area contributed by atoms with Gasteiger partial charge in [-0.2, -0.15) is 0 Å². The number of halogens is 1. The summed E-state index contributed by atoms with van der Waals surface area (Å²) in [7, 11) is 0. The first-order valence-corrected chi connectivity index (χ1v) is 7.25. The van der Waals surface area contributed by atoms with Crippen molar-refractivity contribution in [3.05, 3.63) is 34.9 Å². The number of benzene rings is 1. The van der Waals surface area contributed by atoms with Crippen molar-refractivity contribution in [1.29, 1.82) is 0 Å². The van der Waals surface area contributed by atoms with Gasteiger partial charge in [-0.1, -0.05) is 43.6 Å². The summed E-state index contributed by atoms with van der Waals surface area (Å²) < 4.78 is 0. The monoisotopic (exact) mass is 266 g/mol. The van der Waals surface area contributed by atoms with E-state index in [9.17, 15) is 0 Å². The third-order valence-electron chi connectivity index (χ3n) is 3.55. The Kier molecular flexibility index (Phi) is 5.04. The van der Waals surface area contributed by atoms with Gasteiger partial charge in [-0.25, -0.2) is 0 Å². The molecule has 0 aromatic heterocycles. The van der Waals surface area contributed by atoms with E-state index >= 15 is 0 Å². The molecule has 0 radical (unpaired) electrons. The highest BCUT2D eigenvalue weighted by Crippen LogP contribution is 2.32. The number of rotatable bonds is 4. The van der Waals surface area contributed by atoms with Crippen molar-refractivity contribution >= 4 is 11.6 Å². The van der Waals surface area contributed by atoms with Gasteiger partial charge in [0.05, 0.1) is 0 Å². The molecule has 1 fully saturated rings. The van der Waals surface area contributed by atoms with E-state index in [0.29, 0.717) is 12.0 Å². The first-order chi connectivity index (χ1) is 8.68. The van der Waals surface area contributed by atoms with Crippen LogP contribution in [0.5, 0.6) is 0 Å². The first-order valence-electron chi connectivity index (χ1n) is 6.87. The van der Waals surface area contributed by atoms with Crippen LogP contribution in [-0.4, -0.2) is 31.1 Å². The van der Waals surface area contributed by atoms with Gasteiger partial charge >= 0.3 is 0 Å². The van der Waals surface area contributed by atoms with E-state index in [4.69, 9.17) is 11.6 Å². The minimum Gasteiger partial charge on any atom is -0.314 e. The Balaban J connectivity index is 2.21. The van der Waals surface area contributed by atoms with Crippen molar-refractivity contribution in [3.8, 4) is 0 Å². The van der Waals surface area contributed by atoms with Crippen LogP contribution in [0.2, 0.25) is 5.02 Å². The lowest BCUT2D eigenvalue weighted by Gasteiger charge is -2.36. The van der Waals surface area contributed by atoms with E-state index in [1.165, 1.54) is 12.0 Å². The minimum absolute atomic E-state index is 0.459. The quantitative estimate of drug-likeness (QED) is 0.899. The van der Waals surface area contributed by atoms with E-state index in [2.05, 4.69) is 36.2 Å². The molecule has 2 rings (SSSR count). The summed E-state index contributed by atoms with van der Waals surface area (Å²) in [6, 6.07) is 8.75. The maximum Gasteiger partial charge on any atom is 0.0453 e. The van der Waals surface area contributed by atoms with Crippen LogP contribution in [0, 0.1) is 5.92 Å². The SMILES string of the molecule is CC(C)C[C@@H](c1ccccc1Cl)N1CCNCC1. The predicted octanol–water partition coefficient (Wildman–Crippen LogP) is 3.33. The molecule has 1 aromatic rings. The summed E-state index contributed by atoms with van der Waals surface area (Å²) in [5.41, 5.74) is 1.29. The van der Waals surface area contributed by atoms with Gasteiger partial charge < -0.3 is 5.32 Å². The second-order valence-electron chi connectivity index (χ2n) is 5.45. The van der Waals surface area contributed by atoms with E-state index in [0.717, 1.165) is 31.2 Å². The molecule has 1 aromatic carbocycles. The Morgan fingerprint density at radius 1 is 1.22 bits per heavy atom. The van der Waals surface area contributed by atoms with E-state index < -0.39 is 0 Å². The van der Waals surface area contributed by atoms with Gasteiger partial charge in [-0.3, -0.25) is 4.90 Å². The van der Waals surface area contributed by atoms with Crippen LogP contribution in [0.25, 0.3) is 0 Å². The molecule has 18 heavy (non-hydrogen) atoms. The fourth-order valence-electron chi connectivity index (χ4n) is 2.66. The predicted molar refractivity (Wildman–Crippen MR) is 78.1 cm³/mol. The van der Waals surface area contributed by atoms with Crippen molar-refractivity contribution in [2.24, 2.45) is 5.92 Å². The number of piperazine rings is 1. The lowest BCUT2D eigenvalue weighted by atomic mass is 9.95. The average molecular weight is 267 g/mol. The fraction of sp³-hybridized carbons (Fsp3) is 0.600. The summed E-state index contributed by atoms with van der Waals surface area (Å²) >= 11 is 6.38. The highest BCUT2D eigenvalue weighted by Gasteiger charge is 2.24. The van der Waals surface area contributed by atoms with Gasteiger partial charge in [0, 0.05) is 37.2 Å². The van der Waals surface area contributed by atoms with Gasteiger partial charge in [0.2, 0.25) is 0 Å². The fourth-order valence-corrected chi connectivity index (χ4v) is 2.92. The van der Waals surface area contributed by atoms with Gasteiger partial charge in [0.15, 0.2) is 0 Å². The lowest BCUT2D eigenvalue weighted by Crippen LogP contribution is -2.45. The second-order valence-corrected chi connectivity index (χ2v) is 5.86. The average Bonchev–Trinajstić information content (AvgIpc) is 2.38. The standard InChI is InChI=1S/C15H23ClN2/c1-12(2)11-15(18-9-7-17-8-10-18)13-5-3-4-6-14(13)16/h3-6,12,15,17H,7-11H2,1-2H3/t15-/m0/s1. The molecule has 0 aliphatic carbocycles. The molecule has 1 N–H and O–H groups in total. The molecule has 1 aliphatic rings. The van der Waals surface area contributed by atoms with Crippen LogP contribution in [0.15, 0.2) is 24.3 Å². The van der Waals surface area contributed by atoms with Crippen molar-refractivity contribution in [3.63, 3.8) is 0 Å². The summed E-state index contributed by atoms with van der Waals surface area (Å²) in [5, 5.41) is 4.32.